The van der Waals surface area contributed by atoms with Crippen LogP contribution in [0.25, 0.3) is 0 Å². The molecule has 2 N–H and O–H groups in total. The van der Waals surface area contributed by atoms with Crippen LogP contribution < -0.4 is 5.32 Å². The summed E-state index contributed by atoms with van der Waals surface area (Å²) in [7, 11) is 0. The highest BCUT2D eigenvalue weighted by atomic mass is 79.9. The SMILES string of the molecule is Cc1[nH]ncc1CNC(=O)c1ccc(Br)cc1Br. The Bertz CT molecular complexity index is 580. The number of aryl methyl sites for hydroxylation is 1. The van der Waals surface area contributed by atoms with E-state index >= 15 is 0 Å². The number of nitrogens with zero attached hydrogens (tertiary/aromatic N) is 1. The highest BCUT2D eigenvalue weighted by Gasteiger charge is 2.10. The van der Waals surface area contributed by atoms with Gasteiger partial charge in [0.2, 0.25) is 0 Å². The molecule has 94 valence electrons. The summed E-state index contributed by atoms with van der Waals surface area (Å²) >= 11 is 6.72. The molecule has 0 fully saturated rings. The number of amides is 1. The van der Waals surface area contributed by atoms with Crippen molar-refractivity contribution in [1.29, 1.82) is 0 Å². The van der Waals surface area contributed by atoms with Crippen LogP contribution in [0, 0.1) is 6.92 Å². The number of aromatic nitrogens is 2. The van der Waals surface area contributed by atoms with Crippen LogP contribution in [0.15, 0.2) is 33.3 Å². The molecule has 0 saturated carbocycles. The third-order valence-electron chi connectivity index (χ3n) is 2.55. The van der Waals surface area contributed by atoms with Gasteiger partial charge in [-0.15, -0.1) is 0 Å². The molecule has 2 rings (SSSR count). The van der Waals surface area contributed by atoms with E-state index < -0.39 is 0 Å². The van der Waals surface area contributed by atoms with Crippen LogP contribution in [0.1, 0.15) is 21.6 Å². The maximum atomic E-state index is 12.0. The molecule has 18 heavy (non-hydrogen) atoms. The number of halogens is 2. The lowest BCUT2D eigenvalue weighted by Gasteiger charge is -2.06. The number of carbonyl (C=O) groups is 1. The fourth-order valence-electron chi connectivity index (χ4n) is 1.50. The van der Waals surface area contributed by atoms with Crippen molar-refractivity contribution < 1.29 is 4.79 Å². The Kier molecular flexibility index (Phi) is 4.19. The lowest BCUT2D eigenvalue weighted by molar-refractivity contribution is 0.0950. The normalized spacial score (nSPS) is 10.4. The van der Waals surface area contributed by atoms with E-state index in [-0.39, 0.29) is 5.91 Å². The fourth-order valence-corrected chi connectivity index (χ4v) is 2.73. The van der Waals surface area contributed by atoms with Crippen LogP contribution in [0.3, 0.4) is 0 Å². The number of hydrogen-bond acceptors (Lipinski definition) is 2. The molecule has 1 aromatic heterocycles. The molecule has 0 radical (unpaired) electrons. The predicted molar refractivity (Wildman–Crippen MR) is 76.3 cm³/mol. The summed E-state index contributed by atoms with van der Waals surface area (Å²) in [6.07, 6.45) is 1.71. The van der Waals surface area contributed by atoms with Crippen molar-refractivity contribution >= 4 is 37.8 Å². The van der Waals surface area contributed by atoms with E-state index in [1.54, 1.807) is 12.3 Å². The topological polar surface area (TPSA) is 57.8 Å². The largest absolute Gasteiger partial charge is 0.348 e. The second kappa shape index (κ2) is 5.67. The van der Waals surface area contributed by atoms with Gasteiger partial charge in [0.15, 0.2) is 0 Å². The van der Waals surface area contributed by atoms with Gasteiger partial charge >= 0.3 is 0 Å². The van der Waals surface area contributed by atoms with E-state index in [1.807, 2.05) is 19.1 Å². The van der Waals surface area contributed by atoms with Gasteiger partial charge in [0, 0.05) is 26.7 Å². The zero-order valence-electron chi connectivity index (χ0n) is 9.63. The summed E-state index contributed by atoms with van der Waals surface area (Å²) in [6, 6.07) is 5.45. The quantitative estimate of drug-likeness (QED) is 0.869. The van der Waals surface area contributed by atoms with E-state index in [2.05, 4.69) is 47.4 Å². The van der Waals surface area contributed by atoms with Crippen LogP contribution in [0.4, 0.5) is 0 Å². The van der Waals surface area contributed by atoms with Crippen LogP contribution in [0.2, 0.25) is 0 Å². The van der Waals surface area contributed by atoms with Gasteiger partial charge in [-0.1, -0.05) is 15.9 Å². The molecule has 0 aliphatic rings. The monoisotopic (exact) mass is 371 g/mol. The molecule has 1 amide bonds. The van der Waals surface area contributed by atoms with Gasteiger partial charge in [-0.05, 0) is 41.1 Å². The minimum atomic E-state index is -0.116. The molecule has 0 unspecified atom stereocenters. The first-order valence-electron chi connectivity index (χ1n) is 5.30. The molecule has 6 heteroatoms. The smallest absolute Gasteiger partial charge is 0.252 e. The van der Waals surface area contributed by atoms with Gasteiger partial charge < -0.3 is 5.32 Å². The number of H-pyrrole nitrogens is 1. The maximum Gasteiger partial charge on any atom is 0.252 e. The molecule has 0 bridgehead atoms. The predicted octanol–water partition coefficient (Wildman–Crippen LogP) is 3.17. The molecule has 0 atom stereocenters. The van der Waals surface area contributed by atoms with Gasteiger partial charge in [0.1, 0.15) is 0 Å². The van der Waals surface area contributed by atoms with Crippen molar-refractivity contribution in [2.45, 2.75) is 13.5 Å². The van der Waals surface area contributed by atoms with Crippen molar-refractivity contribution in [2.24, 2.45) is 0 Å². The first kappa shape index (κ1) is 13.3. The molecule has 0 aliphatic carbocycles. The van der Waals surface area contributed by atoms with E-state index in [4.69, 9.17) is 0 Å². The van der Waals surface area contributed by atoms with Crippen LogP contribution in [0.5, 0.6) is 0 Å². The first-order valence-corrected chi connectivity index (χ1v) is 6.88. The van der Waals surface area contributed by atoms with Gasteiger partial charge in [0.25, 0.3) is 5.91 Å². The molecule has 0 spiro atoms. The van der Waals surface area contributed by atoms with Gasteiger partial charge in [-0.2, -0.15) is 5.10 Å². The van der Waals surface area contributed by atoms with Crippen LogP contribution in [-0.2, 0) is 6.54 Å². The Balaban J connectivity index is 2.06. The molecule has 4 nitrogen and oxygen atoms in total. The molecule has 0 saturated heterocycles. The Hall–Kier alpha value is -1.14. The molecule has 1 aromatic carbocycles. The van der Waals surface area contributed by atoms with Crippen LogP contribution >= 0.6 is 31.9 Å². The summed E-state index contributed by atoms with van der Waals surface area (Å²) in [4.78, 5) is 12.0. The van der Waals surface area contributed by atoms with Crippen molar-refractivity contribution in [3.63, 3.8) is 0 Å². The summed E-state index contributed by atoms with van der Waals surface area (Å²) < 4.78 is 1.69. The third-order valence-corrected chi connectivity index (χ3v) is 3.70. The number of aromatic amines is 1. The Morgan fingerprint density at radius 3 is 2.83 bits per heavy atom. The number of benzene rings is 1. The van der Waals surface area contributed by atoms with E-state index in [9.17, 15) is 4.79 Å². The Morgan fingerprint density at radius 2 is 2.22 bits per heavy atom. The van der Waals surface area contributed by atoms with Crippen molar-refractivity contribution in [3.8, 4) is 0 Å². The average molecular weight is 373 g/mol. The summed E-state index contributed by atoms with van der Waals surface area (Å²) in [6.45, 7) is 2.38. The van der Waals surface area contributed by atoms with Crippen molar-refractivity contribution in [3.05, 3.63) is 50.2 Å². The first-order chi connectivity index (χ1) is 8.58. The maximum absolute atomic E-state index is 12.0. The highest BCUT2D eigenvalue weighted by Crippen LogP contribution is 2.21. The summed E-state index contributed by atoms with van der Waals surface area (Å²) in [5.74, 6) is -0.116. The zero-order chi connectivity index (χ0) is 13.1. The third kappa shape index (κ3) is 3.00. The molecular formula is C12H11Br2N3O. The standard InChI is InChI=1S/C12H11Br2N3O/c1-7-8(6-16-17-7)5-15-12(18)10-3-2-9(13)4-11(10)14/h2-4,6H,5H2,1H3,(H,15,18)(H,16,17). The van der Waals surface area contributed by atoms with Gasteiger partial charge in [-0.25, -0.2) is 0 Å². The summed E-state index contributed by atoms with van der Waals surface area (Å²) in [5, 5.41) is 9.60. The second-order valence-electron chi connectivity index (χ2n) is 3.83. The fraction of sp³-hybridized carbons (Fsp3) is 0.167. The Morgan fingerprint density at radius 1 is 1.44 bits per heavy atom. The van der Waals surface area contributed by atoms with Gasteiger partial charge in [0.05, 0.1) is 11.8 Å². The zero-order valence-corrected chi connectivity index (χ0v) is 12.8. The number of carbonyl (C=O) groups excluding carboxylic acids is 1. The molecular weight excluding hydrogens is 362 g/mol. The minimum absolute atomic E-state index is 0.116. The number of nitrogens with one attached hydrogen (secondary N) is 2. The van der Waals surface area contributed by atoms with Crippen molar-refractivity contribution in [1.82, 2.24) is 15.5 Å². The van der Waals surface area contributed by atoms with E-state index in [0.29, 0.717) is 12.1 Å². The summed E-state index contributed by atoms with van der Waals surface area (Å²) in [5.41, 5.74) is 2.56. The lowest BCUT2D eigenvalue weighted by atomic mass is 10.2. The van der Waals surface area contributed by atoms with Gasteiger partial charge in [-0.3, -0.25) is 9.89 Å². The molecule has 0 aliphatic heterocycles. The van der Waals surface area contributed by atoms with Crippen molar-refractivity contribution in [2.75, 3.05) is 0 Å². The van der Waals surface area contributed by atoms with E-state index in [1.165, 1.54) is 0 Å². The lowest BCUT2D eigenvalue weighted by Crippen LogP contribution is -2.23. The highest BCUT2D eigenvalue weighted by molar-refractivity contribution is 9.11. The minimum Gasteiger partial charge on any atom is -0.348 e. The molecule has 1 heterocycles. The average Bonchev–Trinajstić information content (AvgIpc) is 2.72. The second-order valence-corrected chi connectivity index (χ2v) is 5.60. The van der Waals surface area contributed by atoms with E-state index in [0.717, 1.165) is 20.2 Å². The number of rotatable bonds is 3. The molecule has 2 aromatic rings. The Labute approximate surface area is 121 Å². The van der Waals surface area contributed by atoms with Crippen LogP contribution in [-0.4, -0.2) is 16.1 Å². The number of hydrogen-bond donors (Lipinski definition) is 2.